The zero-order chi connectivity index (χ0) is 10.2. The van der Waals surface area contributed by atoms with Crippen LogP contribution in [0.1, 0.15) is 23.1 Å². The Labute approximate surface area is 84.3 Å². The highest BCUT2D eigenvalue weighted by atomic mass is 14.7. The largest absolute Gasteiger partial charge is 0.313 e. The van der Waals surface area contributed by atoms with Gasteiger partial charge in [-0.2, -0.15) is 5.26 Å². The van der Waals surface area contributed by atoms with E-state index in [1.807, 2.05) is 0 Å². The van der Waals surface area contributed by atoms with Crippen molar-refractivity contribution in [3.05, 3.63) is 34.9 Å². The number of benzene rings is 1. The Bertz CT molecular complexity index is 403. The van der Waals surface area contributed by atoms with Gasteiger partial charge in [-0.15, -0.1) is 0 Å². The monoisotopic (exact) mass is 186 g/mol. The summed E-state index contributed by atoms with van der Waals surface area (Å²) in [5, 5.41) is 8.97. The number of hydrogen-bond acceptors (Lipinski definition) is 2. The predicted molar refractivity (Wildman–Crippen MR) is 55.7 cm³/mol. The highest BCUT2D eigenvalue weighted by Crippen LogP contribution is 2.27. The minimum absolute atomic E-state index is 0.638. The molecule has 0 bridgehead atoms. The Morgan fingerprint density at radius 1 is 1.43 bits per heavy atom. The maximum atomic E-state index is 8.97. The van der Waals surface area contributed by atoms with Crippen molar-refractivity contribution in [3.8, 4) is 6.07 Å². The zero-order valence-electron chi connectivity index (χ0n) is 8.38. The molecule has 0 amide bonds. The van der Waals surface area contributed by atoms with Crippen LogP contribution >= 0.6 is 0 Å². The van der Waals surface area contributed by atoms with Crippen LogP contribution in [-0.4, -0.2) is 5.54 Å². The van der Waals surface area contributed by atoms with Crippen molar-refractivity contribution in [2.24, 2.45) is 5.73 Å². The predicted octanol–water partition coefficient (Wildman–Crippen LogP) is 1.70. The third-order valence-corrected chi connectivity index (χ3v) is 2.93. The van der Waals surface area contributed by atoms with E-state index in [4.69, 9.17) is 11.0 Å². The van der Waals surface area contributed by atoms with E-state index >= 15 is 0 Å². The molecule has 0 saturated heterocycles. The van der Waals surface area contributed by atoms with E-state index in [1.165, 1.54) is 16.7 Å². The van der Waals surface area contributed by atoms with Gasteiger partial charge in [-0.25, -0.2) is 0 Å². The molecule has 14 heavy (non-hydrogen) atoms. The summed E-state index contributed by atoms with van der Waals surface area (Å²) in [6.45, 7) is 2.07. The molecule has 0 spiro atoms. The lowest BCUT2D eigenvalue weighted by Crippen LogP contribution is -2.43. The smallest absolute Gasteiger partial charge is 0.108 e. The molecule has 2 rings (SSSR count). The van der Waals surface area contributed by atoms with E-state index in [-0.39, 0.29) is 0 Å². The number of nitrogens with zero attached hydrogens (tertiary/aromatic N) is 1. The second-order valence-corrected chi connectivity index (χ2v) is 4.22. The average molecular weight is 186 g/mol. The van der Waals surface area contributed by atoms with Crippen molar-refractivity contribution in [2.75, 3.05) is 0 Å². The van der Waals surface area contributed by atoms with E-state index in [0.29, 0.717) is 6.42 Å². The summed E-state index contributed by atoms with van der Waals surface area (Å²) in [5.74, 6) is 0. The molecule has 2 heteroatoms. The lowest BCUT2D eigenvalue weighted by Gasteiger charge is -2.28. The van der Waals surface area contributed by atoms with Crippen LogP contribution in [0.2, 0.25) is 0 Å². The SMILES string of the molecule is Cc1ccc2c(c1)CC(N)(C#N)CC2. The lowest BCUT2D eigenvalue weighted by atomic mass is 9.79. The van der Waals surface area contributed by atoms with Crippen LogP contribution in [-0.2, 0) is 12.8 Å². The fourth-order valence-electron chi connectivity index (χ4n) is 2.04. The standard InChI is InChI=1S/C12H14N2/c1-9-2-3-10-4-5-12(14,8-13)7-11(10)6-9/h2-3,6H,4-5,7,14H2,1H3. The fraction of sp³-hybridized carbons (Fsp3) is 0.417. The first-order valence-corrected chi connectivity index (χ1v) is 4.91. The Kier molecular flexibility index (Phi) is 2.05. The van der Waals surface area contributed by atoms with E-state index in [2.05, 4.69) is 31.2 Å². The van der Waals surface area contributed by atoms with Gasteiger partial charge >= 0.3 is 0 Å². The van der Waals surface area contributed by atoms with Gasteiger partial charge < -0.3 is 5.73 Å². The summed E-state index contributed by atoms with van der Waals surface area (Å²) in [6, 6.07) is 8.64. The normalized spacial score (nSPS) is 25.2. The van der Waals surface area contributed by atoms with E-state index < -0.39 is 5.54 Å². The lowest BCUT2D eigenvalue weighted by molar-refractivity contribution is 0.470. The second kappa shape index (κ2) is 3.11. The fourth-order valence-corrected chi connectivity index (χ4v) is 2.04. The summed E-state index contributed by atoms with van der Waals surface area (Å²) in [6.07, 6.45) is 2.40. The van der Waals surface area contributed by atoms with Gasteiger partial charge in [0, 0.05) is 6.42 Å². The molecule has 1 aromatic rings. The van der Waals surface area contributed by atoms with Crippen molar-refractivity contribution < 1.29 is 0 Å². The number of rotatable bonds is 0. The molecule has 0 fully saturated rings. The van der Waals surface area contributed by atoms with Crippen molar-refractivity contribution in [2.45, 2.75) is 31.7 Å². The average Bonchev–Trinajstić information content (AvgIpc) is 2.17. The summed E-state index contributed by atoms with van der Waals surface area (Å²) < 4.78 is 0. The maximum Gasteiger partial charge on any atom is 0.108 e. The molecule has 1 aromatic carbocycles. The maximum absolute atomic E-state index is 8.97. The molecule has 0 saturated carbocycles. The summed E-state index contributed by atoms with van der Waals surface area (Å²) in [5.41, 5.74) is 9.17. The van der Waals surface area contributed by atoms with Crippen LogP contribution in [0.4, 0.5) is 0 Å². The molecule has 0 radical (unpaired) electrons. The first-order chi connectivity index (χ1) is 6.63. The Morgan fingerprint density at radius 2 is 2.21 bits per heavy atom. The number of hydrogen-bond donors (Lipinski definition) is 1. The summed E-state index contributed by atoms with van der Waals surface area (Å²) >= 11 is 0. The highest BCUT2D eigenvalue weighted by molar-refractivity contribution is 5.37. The molecule has 2 N–H and O–H groups in total. The molecular formula is C12H14N2. The molecule has 1 atom stereocenters. The van der Waals surface area contributed by atoms with Crippen LogP contribution in [0.15, 0.2) is 18.2 Å². The number of fused-ring (bicyclic) bond motifs is 1. The van der Waals surface area contributed by atoms with Crippen LogP contribution in [0, 0.1) is 18.3 Å². The Morgan fingerprint density at radius 3 is 2.93 bits per heavy atom. The molecule has 72 valence electrons. The first-order valence-electron chi connectivity index (χ1n) is 4.91. The van der Waals surface area contributed by atoms with Crippen molar-refractivity contribution in [3.63, 3.8) is 0 Å². The summed E-state index contributed by atoms with van der Waals surface area (Å²) in [4.78, 5) is 0. The quantitative estimate of drug-likeness (QED) is 0.670. The third-order valence-electron chi connectivity index (χ3n) is 2.93. The highest BCUT2D eigenvalue weighted by Gasteiger charge is 2.30. The molecule has 1 aliphatic carbocycles. The minimum atomic E-state index is -0.638. The topological polar surface area (TPSA) is 49.8 Å². The van der Waals surface area contributed by atoms with Gasteiger partial charge in [0.05, 0.1) is 6.07 Å². The van der Waals surface area contributed by atoms with Crippen LogP contribution < -0.4 is 5.73 Å². The Balaban J connectivity index is 2.39. The van der Waals surface area contributed by atoms with Crippen molar-refractivity contribution >= 4 is 0 Å². The van der Waals surface area contributed by atoms with Gasteiger partial charge in [-0.1, -0.05) is 23.8 Å². The van der Waals surface area contributed by atoms with Crippen molar-refractivity contribution in [1.29, 1.82) is 5.26 Å². The van der Waals surface area contributed by atoms with Gasteiger partial charge in [0.1, 0.15) is 5.54 Å². The molecule has 0 aliphatic heterocycles. The number of aryl methyl sites for hydroxylation is 2. The van der Waals surface area contributed by atoms with Crippen LogP contribution in [0.3, 0.4) is 0 Å². The molecular weight excluding hydrogens is 172 g/mol. The molecule has 2 nitrogen and oxygen atoms in total. The van der Waals surface area contributed by atoms with E-state index in [0.717, 1.165) is 12.8 Å². The molecule has 0 aromatic heterocycles. The van der Waals surface area contributed by atoms with Gasteiger partial charge in [0.2, 0.25) is 0 Å². The second-order valence-electron chi connectivity index (χ2n) is 4.22. The minimum Gasteiger partial charge on any atom is -0.313 e. The van der Waals surface area contributed by atoms with Gasteiger partial charge in [-0.05, 0) is 30.9 Å². The third kappa shape index (κ3) is 1.51. The first kappa shape index (κ1) is 9.23. The van der Waals surface area contributed by atoms with E-state index in [1.54, 1.807) is 0 Å². The zero-order valence-corrected chi connectivity index (χ0v) is 8.38. The van der Waals surface area contributed by atoms with Gasteiger partial charge in [-0.3, -0.25) is 0 Å². The molecule has 0 heterocycles. The summed E-state index contributed by atoms with van der Waals surface area (Å²) in [7, 11) is 0. The number of nitriles is 1. The number of nitrogens with two attached hydrogens (primary N) is 1. The van der Waals surface area contributed by atoms with E-state index in [9.17, 15) is 0 Å². The Hall–Kier alpha value is -1.33. The molecule has 1 aliphatic rings. The van der Waals surface area contributed by atoms with Gasteiger partial charge in [0.25, 0.3) is 0 Å². The van der Waals surface area contributed by atoms with Crippen LogP contribution in [0.25, 0.3) is 0 Å². The van der Waals surface area contributed by atoms with Crippen molar-refractivity contribution in [1.82, 2.24) is 0 Å². The van der Waals surface area contributed by atoms with Crippen LogP contribution in [0.5, 0.6) is 0 Å². The van der Waals surface area contributed by atoms with Gasteiger partial charge in [0.15, 0.2) is 0 Å². The molecule has 1 unspecified atom stereocenters.